The first-order chi connectivity index (χ1) is 17.2. The molecule has 0 spiro atoms. The Kier molecular flexibility index (Phi) is 7.66. The van der Waals surface area contributed by atoms with Gasteiger partial charge in [-0.25, -0.2) is 4.79 Å². The zero-order valence-electron chi connectivity index (χ0n) is 21.6. The Bertz CT molecular complexity index is 1100. The van der Waals surface area contributed by atoms with Gasteiger partial charge in [0.05, 0.1) is 19.8 Å². The van der Waals surface area contributed by atoms with Crippen molar-refractivity contribution in [3.63, 3.8) is 0 Å². The van der Waals surface area contributed by atoms with Gasteiger partial charge in [0.15, 0.2) is 5.69 Å². The van der Waals surface area contributed by atoms with E-state index in [1.165, 1.54) is 30.7 Å². The molecular formula is C27H36N4O5. The molecule has 2 heterocycles. The second-order valence-corrected chi connectivity index (χ2v) is 10.2. The van der Waals surface area contributed by atoms with Gasteiger partial charge in [-0.3, -0.25) is 14.3 Å². The fourth-order valence-corrected chi connectivity index (χ4v) is 4.99. The lowest BCUT2D eigenvalue weighted by Crippen LogP contribution is -2.64. The highest BCUT2D eigenvalue weighted by molar-refractivity contribution is 6.01. The van der Waals surface area contributed by atoms with Gasteiger partial charge in [0, 0.05) is 18.7 Å². The molecule has 1 saturated carbocycles. The quantitative estimate of drug-likeness (QED) is 0.463. The van der Waals surface area contributed by atoms with Gasteiger partial charge in [-0.2, -0.15) is 5.10 Å². The van der Waals surface area contributed by atoms with Gasteiger partial charge in [-0.1, -0.05) is 37.8 Å². The smallest absolute Gasteiger partial charge is 0.358 e. The van der Waals surface area contributed by atoms with E-state index in [0.29, 0.717) is 0 Å². The number of esters is 1. The van der Waals surface area contributed by atoms with E-state index in [9.17, 15) is 14.4 Å². The highest BCUT2D eigenvalue weighted by Crippen LogP contribution is 2.31. The maximum Gasteiger partial charge on any atom is 0.358 e. The molecule has 2 aromatic rings. The number of aromatic nitrogens is 2. The first-order valence-electron chi connectivity index (χ1n) is 12.8. The number of hydrogen-bond donors (Lipinski definition) is 1. The third kappa shape index (κ3) is 5.39. The van der Waals surface area contributed by atoms with E-state index in [1.807, 2.05) is 38.1 Å². The minimum Gasteiger partial charge on any atom is -0.491 e. The van der Waals surface area contributed by atoms with Crippen LogP contribution < -0.4 is 10.1 Å². The molecule has 0 radical (unpaired) electrons. The molecule has 1 fully saturated rings. The Hall–Kier alpha value is -3.36. The van der Waals surface area contributed by atoms with E-state index in [0.717, 1.165) is 37.0 Å². The summed E-state index contributed by atoms with van der Waals surface area (Å²) in [5, 5.41) is 7.51. The number of benzene rings is 1. The van der Waals surface area contributed by atoms with Crippen molar-refractivity contribution in [1.29, 1.82) is 0 Å². The lowest BCUT2D eigenvalue weighted by atomic mass is 9.93. The molecule has 0 unspecified atom stereocenters. The second kappa shape index (κ2) is 10.7. The first kappa shape index (κ1) is 25.7. The molecule has 2 aliphatic rings. The average molecular weight is 497 g/mol. The predicted octanol–water partition coefficient (Wildman–Crippen LogP) is 3.71. The zero-order valence-corrected chi connectivity index (χ0v) is 21.6. The fraction of sp³-hybridized carbons (Fsp3) is 0.556. The number of nitrogens with zero attached hydrogens (tertiary/aromatic N) is 3. The van der Waals surface area contributed by atoms with Crippen LogP contribution in [0.1, 0.15) is 85.8 Å². The van der Waals surface area contributed by atoms with Crippen molar-refractivity contribution in [2.75, 3.05) is 7.11 Å². The van der Waals surface area contributed by atoms with E-state index < -0.39 is 11.5 Å². The summed E-state index contributed by atoms with van der Waals surface area (Å²) in [6.07, 6.45) is 6.45. The maximum atomic E-state index is 13.8. The summed E-state index contributed by atoms with van der Waals surface area (Å²) in [4.78, 5) is 41.2. The number of fused-ring (bicyclic) bond motifs is 1. The molecule has 36 heavy (non-hydrogen) atoms. The van der Waals surface area contributed by atoms with E-state index in [1.54, 1.807) is 11.8 Å². The van der Waals surface area contributed by atoms with Gasteiger partial charge in [-0.05, 0) is 51.3 Å². The van der Waals surface area contributed by atoms with Crippen molar-refractivity contribution in [3.8, 4) is 5.75 Å². The molecule has 0 bridgehead atoms. The number of rotatable bonds is 7. The van der Waals surface area contributed by atoms with Crippen LogP contribution >= 0.6 is 0 Å². The van der Waals surface area contributed by atoms with Crippen LogP contribution in [-0.2, 0) is 22.6 Å². The summed E-state index contributed by atoms with van der Waals surface area (Å²) >= 11 is 0. The summed E-state index contributed by atoms with van der Waals surface area (Å²) < 4.78 is 12.0. The average Bonchev–Trinajstić information content (AvgIpc) is 3.10. The standard InChI is InChI=1S/C27H36N4O5/c1-18(2)36-21-13-11-19(12-14-21)16-30-24(32)23-15-22(25(33)35-4)29-31(23)17-27(30,3)26(34)28-20-9-7-5-6-8-10-20/h11-15,18,20H,5-10,16-17H2,1-4H3,(H,28,34)/t27-/m0/s1. The number of ether oxygens (including phenoxy) is 2. The molecule has 1 aliphatic heterocycles. The second-order valence-electron chi connectivity index (χ2n) is 10.2. The van der Waals surface area contributed by atoms with E-state index in [4.69, 9.17) is 9.47 Å². The van der Waals surface area contributed by atoms with Crippen molar-refractivity contribution >= 4 is 17.8 Å². The lowest BCUT2D eigenvalue weighted by Gasteiger charge is -2.44. The number of methoxy groups -OCH3 is 1. The minimum atomic E-state index is -1.19. The summed E-state index contributed by atoms with van der Waals surface area (Å²) in [6, 6.07) is 9.06. The van der Waals surface area contributed by atoms with Crippen LogP contribution in [-0.4, -0.2) is 57.3 Å². The van der Waals surface area contributed by atoms with E-state index >= 15 is 0 Å². The van der Waals surface area contributed by atoms with Crippen LogP contribution in [0.25, 0.3) is 0 Å². The number of nitrogens with one attached hydrogen (secondary N) is 1. The Balaban J connectivity index is 1.65. The zero-order chi connectivity index (χ0) is 25.9. The van der Waals surface area contributed by atoms with Gasteiger partial charge in [0.1, 0.15) is 17.0 Å². The molecule has 1 aliphatic carbocycles. The number of hydrogen-bond acceptors (Lipinski definition) is 6. The molecule has 1 aromatic heterocycles. The minimum absolute atomic E-state index is 0.0458. The number of amides is 2. The van der Waals surface area contributed by atoms with Gasteiger partial charge in [-0.15, -0.1) is 0 Å². The van der Waals surface area contributed by atoms with Crippen LogP contribution in [0, 0.1) is 0 Å². The summed E-state index contributed by atoms with van der Waals surface area (Å²) in [5.41, 5.74) is -0.0171. The Labute approximate surface area is 212 Å². The lowest BCUT2D eigenvalue weighted by molar-refractivity contribution is -0.134. The molecule has 2 amide bonds. The van der Waals surface area contributed by atoms with Crippen LogP contribution in [0.3, 0.4) is 0 Å². The largest absolute Gasteiger partial charge is 0.491 e. The number of carbonyl (C=O) groups is 3. The van der Waals surface area contributed by atoms with Crippen molar-refractivity contribution < 1.29 is 23.9 Å². The van der Waals surface area contributed by atoms with Crippen LogP contribution in [0.4, 0.5) is 0 Å². The van der Waals surface area contributed by atoms with Gasteiger partial charge >= 0.3 is 5.97 Å². The van der Waals surface area contributed by atoms with E-state index in [2.05, 4.69) is 10.4 Å². The first-order valence-corrected chi connectivity index (χ1v) is 12.8. The molecule has 1 N–H and O–H groups in total. The van der Waals surface area contributed by atoms with Crippen molar-refractivity contribution in [2.24, 2.45) is 0 Å². The Morgan fingerprint density at radius 2 is 1.81 bits per heavy atom. The molecule has 194 valence electrons. The van der Waals surface area contributed by atoms with Gasteiger partial charge in [0.25, 0.3) is 5.91 Å². The van der Waals surface area contributed by atoms with E-state index in [-0.39, 0.29) is 48.4 Å². The molecule has 9 nitrogen and oxygen atoms in total. The third-order valence-electron chi connectivity index (χ3n) is 7.01. The summed E-state index contributed by atoms with van der Waals surface area (Å²) in [7, 11) is 1.27. The van der Waals surface area contributed by atoms with Gasteiger partial charge in [0.2, 0.25) is 5.91 Å². The maximum absolute atomic E-state index is 13.8. The summed E-state index contributed by atoms with van der Waals surface area (Å²) in [6.45, 7) is 6.07. The fourth-order valence-electron chi connectivity index (χ4n) is 4.99. The molecular weight excluding hydrogens is 460 g/mol. The monoisotopic (exact) mass is 496 g/mol. The number of carbonyl (C=O) groups excluding carboxylic acids is 3. The van der Waals surface area contributed by atoms with Crippen LogP contribution in [0.5, 0.6) is 5.75 Å². The van der Waals surface area contributed by atoms with Crippen LogP contribution in [0.15, 0.2) is 30.3 Å². The summed E-state index contributed by atoms with van der Waals surface area (Å²) in [5.74, 6) is -0.441. The molecule has 1 atom stereocenters. The van der Waals surface area contributed by atoms with Crippen molar-refractivity contribution in [3.05, 3.63) is 47.3 Å². The normalized spacial score (nSPS) is 20.6. The van der Waals surface area contributed by atoms with Crippen molar-refractivity contribution in [1.82, 2.24) is 20.0 Å². The molecule has 1 aromatic carbocycles. The van der Waals surface area contributed by atoms with Crippen LogP contribution in [0.2, 0.25) is 0 Å². The Morgan fingerprint density at radius 1 is 1.14 bits per heavy atom. The van der Waals surface area contributed by atoms with Crippen molar-refractivity contribution in [2.45, 2.75) is 90.1 Å². The van der Waals surface area contributed by atoms with Gasteiger partial charge < -0.3 is 19.7 Å². The SMILES string of the molecule is COC(=O)c1cc2n(n1)C[C@@](C)(C(=O)NC1CCCCCC1)N(Cc1ccc(OC(C)C)cc1)C2=O. The predicted molar refractivity (Wildman–Crippen MR) is 134 cm³/mol. The molecule has 4 rings (SSSR count). The highest BCUT2D eigenvalue weighted by Gasteiger charge is 2.48. The molecule has 9 heteroatoms. The Morgan fingerprint density at radius 3 is 2.42 bits per heavy atom. The molecule has 0 saturated heterocycles. The topological polar surface area (TPSA) is 103 Å². The highest BCUT2D eigenvalue weighted by atomic mass is 16.5. The third-order valence-corrected chi connectivity index (χ3v) is 7.01.